The highest BCUT2D eigenvalue weighted by molar-refractivity contribution is 4.79. The normalized spacial score (nSPS) is 21.4. The monoisotopic (exact) mass is 198 g/mol. The summed E-state index contributed by atoms with van der Waals surface area (Å²) in [4.78, 5) is 2.63. The van der Waals surface area contributed by atoms with Crippen molar-refractivity contribution in [3.05, 3.63) is 0 Å². The number of hydrogen-bond acceptors (Lipinski definition) is 2. The van der Waals surface area contributed by atoms with Gasteiger partial charge in [0, 0.05) is 12.1 Å². The summed E-state index contributed by atoms with van der Waals surface area (Å²) in [5.41, 5.74) is 0. The molecule has 1 aliphatic heterocycles. The molecule has 0 amide bonds. The van der Waals surface area contributed by atoms with E-state index in [4.69, 9.17) is 0 Å². The number of nitrogens with one attached hydrogen (secondary N) is 1. The van der Waals surface area contributed by atoms with Crippen LogP contribution < -0.4 is 5.32 Å². The molecule has 84 valence electrons. The van der Waals surface area contributed by atoms with Crippen LogP contribution in [-0.2, 0) is 0 Å². The van der Waals surface area contributed by atoms with Crippen LogP contribution in [0, 0.1) is 0 Å². The van der Waals surface area contributed by atoms with Crippen LogP contribution >= 0.6 is 0 Å². The molecular formula is C12H26N2. The average molecular weight is 198 g/mol. The highest BCUT2D eigenvalue weighted by Crippen LogP contribution is 2.17. The highest BCUT2D eigenvalue weighted by Gasteiger charge is 2.22. The fraction of sp³-hybridized carbons (Fsp3) is 1.00. The van der Waals surface area contributed by atoms with E-state index in [0.717, 1.165) is 12.1 Å². The Balaban J connectivity index is 2.38. The molecule has 0 aliphatic carbocycles. The number of piperidine rings is 1. The first-order chi connectivity index (χ1) is 6.79. The third-order valence-corrected chi connectivity index (χ3v) is 3.55. The molecule has 1 aliphatic rings. The lowest BCUT2D eigenvalue weighted by Gasteiger charge is -2.37. The van der Waals surface area contributed by atoms with Crippen molar-refractivity contribution in [3.63, 3.8) is 0 Å². The van der Waals surface area contributed by atoms with Gasteiger partial charge in [0.25, 0.3) is 0 Å². The quantitative estimate of drug-likeness (QED) is 0.729. The van der Waals surface area contributed by atoms with E-state index in [0.29, 0.717) is 0 Å². The van der Waals surface area contributed by atoms with Gasteiger partial charge in [-0.2, -0.15) is 0 Å². The molecule has 1 heterocycles. The molecule has 1 N–H and O–H groups in total. The molecule has 0 aromatic carbocycles. The molecule has 0 aromatic rings. The highest BCUT2D eigenvalue weighted by atomic mass is 15.2. The lowest BCUT2D eigenvalue weighted by Crippen LogP contribution is -2.45. The van der Waals surface area contributed by atoms with Gasteiger partial charge in [-0.05, 0) is 45.8 Å². The van der Waals surface area contributed by atoms with Crippen LogP contribution in [0.3, 0.4) is 0 Å². The Morgan fingerprint density at radius 1 is 1.29 bits per heavy atom. The second-order valence-corrected chi connectivity index (χ2v) is 4.50. The minimum atomic E-state index is 0.808. The van der Waals surface area contributed by atoms with Crippen molar-refractivity contribution in [1.29, 1.82) is 0 Å². The van der Waals surface area contributed by atoms with Gasteiger partial charge in [0.15, 0.2) is 0 Å². The summed E-state index contributed by atoms with van der Waals surface area (Å²) in [6.07, 6.45) is 6.63. The predicted molar refractivity (Wildman–Crippen MR) is 62.6 cm³/mol. The van der Waals surface area contributed by atoms with E-state index in [1.54, 1.807) is 0 Å². The van der Waals surface area contributed by atoms with Crippen LogP contribution in [0.1, 0.15) is 46.0 Å². The molecule has 0 spiro atoms. The Hall–Kier alpha value is -0.0800. The van der Waals surface area contributed by atoms with E-state index in [1.165, 1.54) is 45.2 Å². The Labute approximate surface area is 89.1 Å². The smallest absolute Gasteiger partial charge is 0.0119 e. The second kappa shape index (κ2) is 6.41. The van der Waals surface area contributed by atoms with Crippen LogP contribution in [0.5, 0.6) is 0 Å². The molecular weight excluding hydrogens is 172 g/mol. The zero-order chi connectivity index (χ0) is 10.4. The maximum atomic E-state index is 3.43. The molecule has 2 nitrogen and oxygen atoms in total. The minimum absolute atomic E-state index is 0.808. The van der Waals surface area contributed by atoms with E-state index in [1.807, 2.05) is 0 Å². The molecule has 1 fully saturated rings. The van der Waals surface area contributed by atoms with Crippen molar-refractivity contribution in [3.8, 4) is 0 Å². The molecule has 0 radical (unpaired) electrons. The summed E-state index contributed by atoms with van der Waals surface area (Å²) in [7, 11) is 2.32. The summed E-state index contributed by atoms with van der Waals surface area (Å²) < 4.78 is 0. The van der Waals surface area contributed by atoms with Crippen molar-refractivity contribution in [2.24, 2.45) is 0 Å². The van der Waals surface area contributed by atoms with Crippen molar-refractivity contribution < 1.29 is 0 Å². The van der Waals surface area contributed by atoms with Gasteiger partial charge in [0.1, 0.15) is 0 Å². The first-order valence-electron chi connectivity index (χ1n) is 6.22. The summed E-state index contributed by atoms with van der Waals surface area (Å²) in [6, 6.07) is 1.64. The summed E-state index contributed by atoms with van der Waals surface area (Å²) in [5.74, 6) is 0. The van der Waals surface area contributed by atoms with Gasteiger partial charge in [0.05, 0.1) is 0 Å². The standard InChI is InChI=1S/C12H26N2/c1-4-6-11(5-2)14(3)12-7-9-13-10-8-12/h11-13H,4-10H2,1-3H3. The van der Waals surface area contributed by atoms with E-state index < -0.39 is 0 Å². The zero-order valence-corrected chi connectivity index (χ0v) is 10.1. The lowest BCUT2D eigenvalue weighted by molar-refractivity contribution is 0.132. The molecule has 1 atom stereocenters. The van der Waals surface area contributed by atoms with Gasteiger partial charge in [-0.1, -0.05) is 20.3 Å². The molecule has 1 saturated heterocycles. The van der Waals surface area contributed by atoms with Gasteiger partial charge in [-0.25, -0.2) is 0 Å². The second-order valence-electron chi connectivity index (χ2n) is 4.50. The third kappa shape index (κ3) is 3.25. The first-order valence-corrected chi connectivity index (χ1v) is 6.22. The molecule has 1 unspecified atom stereocenters. The van der Waals surface area contributed by atoms with Crippen LogP contribution in [0.2, 0.25) is 0 Å². The van der Waals surface area contributed by atoms with Crippen LogP contribution in [-0.4, -0.2) is 37.1 Å². The molecule has 0 saturated carbocycles. The average Bonchev–Trinajstić information content (AvgIpc) is 2.26. The predicted octanol–water partition coefficient (Wildman–Crippen LogP) is 2.25. The topological polar surface area (TPSA) is 15.3 Å². The van der Waals surface area contributed by atoms with Crippen molar-refractivity contribution >= 4 is 0 Å². The number of rotatable bonds is 5. The van der Waals surface area contributed by atoms with E-state index in [-0.39, 0.29) is 0 Å². The first kappa shape index (κ1) is 12.0. The molecule has 0 aromatic heterocycles. The van der Waals surface area contributed by atoms with E-state index in [2.05, 4.69) is 31.1 Å². The Kier molecular flexibility index (Phi) is 5.49. The number of nitrogens with zero attached hydrogens (tertiary/aromatic N) is 1. The van der Waals surface area contributed by atoms with Gasteiger partial charge in [0.2, 0.25) is 0 Å². The maximum Gasteiger partial charge on any atom is 0.0119 e. The summed E-state index contributed by atoms with van der Waals surface area (Å²) in [5, 5.41) is 3.43. The fourth-order valence-corrected chi connectivity index (χ4v) is 2.54. The van der Waals surface area contributed by atoms with Crippen LogP contribution in [0.15, 0.2) is 0 Å². The molecule has 1 rings (SSSR count). The van der Waals surface area contributed by atoms with Crippen molar-refractivity contribution in [1.82, 2.24) is 10.2 Å². The van der Waals surface area contributed by atoms with E-state index >= 15 is 0 Å². The molecule has 0 bridgehead atoms. The third-order valence-electron chi connectivity index (χ3n) is 3.55. The number of hydrogen-bond donors (Lipinski definition) is 1. The Morgan fingerprint density at radius 2 is 1.93 bits per heavy atom. The molecule has 2 heteroatoms. The van der Waals surface area contributed by atoms with Crippen molar-refractivity contribution in [2.75, 3.05) is 20.1 Å². The van der Waals surface area contributed by atoms with Crippen LogP contribution in [0.25, 0.3) is 0 Å². The summed E-state index contributed by atoms with van der Waals surface area (Å²) in [6.45, 7) is 7.02. The van der Waals surface area contributed by atoms with Gasteiger partial charge in [-0.3, -0.25) is 0 Å². The SMILES string of the molecule is CCCC(CC)N(C)C1CCNCC1. The van der Waals surface area contributed by atoms with Gasteiger partial charge >= 0.3 is 0 Å². The van der Waals surface area contributed by atoms with E-state index in [9.17, 15) is 0 Å². The fourth-order valence-electron chi connectivity index (χ4n) is 2.54. The maximum absolute atomic E-state index is 3.43. The summed E-state index contributed by atoms with van der Waals surface area (Å²) >= 11 is 0. The van der Waals surface area contributed by atoms with Gasteiger partial charge < -0.3 is 10.2 Å². The van der Waals surface area contributed by atoms with Crippen molar-refractivity contribution in [2.45, 2.75) is 58.0 Å². The Morgan fingerprint density at radius 3 is 2.43 bits per heavy atom. The Bertz CT molecular complexity index is 137. The van der Waals surface area contributed by atoms with Crippen LogP contribution in [0.4, 0.5) is 0 Å². The minimum Gasteiger partial charge on any atom is -0.317 e. The van der Waals surface area contributed by atoms with Gasteiger partial charge in [-0.15, -0.1) is 0 Å². The zero-order valence-electron chi connectivity index (χ0n) is 10.1. The largest absolute Gasteiger partial charge is 0.317 e. The molecule has 14 heavy (non-hydrogen) atoms. The lowest BCUT2D eigenvalue weighted by atomic mass is 10.00.